The summed E-state index contributed by atoms with van der Waals surface area (Å²) in [5, 5.41) is 2.55. The number of methoxy groups -OCH3 is 1. The largest absolute Gasteiger partial charge is 0.493 e. The fourth-order valence-corrected chi connectivity index (χ4v) is 2.44. The van der Waals surface area contributed by atoms with Gasteiger partial charge in [0.25, 0.3) is 5.91 Å². The molecule has 1 heterocycles. The fraction of sp³-hybridized carbons (Fsp3) is 0.333. The average Bonchev–Trinajstić information content (AvgIpc) is 2.60. The molecule has 0 atom stereocenters. The number of carbonyl (C=O) groups is 1. The van der Waals surface area contributed by atoms with Crippen LogP contribution in [0.25, 0.3) is 0 Å². The monoisotopic (exact) mass is 404 g/mol. The number of aryl methyl sites for hydroxylation is 1. The number of aromatic nitrogens is 1. The zero-order valence-corrected chi connectivity index (χ0v) is 14.9. The summed E-state index contributed by atoms with van der Waals surface area (Å²) in [5.41, 5.74) is -0.515. The number of rotatable bonds is 7. The molecular weight excluding hydrogens is 387 g/mol. The number of alkyl halides is 5. The van der Waals surface area contributed by atoms with Crippen molar-refractivity contribution in [2.75, 3.05) is 13.7 Å². The maximum atomic E-state index is 12.6. The zero-order chi connectivity index (χ0) is 20.9. The number of hydrogen-bond donors (Lipinski definition) is 1. The van der Waals surface area contributed by atoms with E-state index in [0.717, 1.165) is 12.1 Å². The van der Waals surface area contributed by atoms with E-state index >= 15 is 0 Å². The first kappa shape index (κ1) is 21.4. The van der Waals surface area contributed by atoms with Crippen molar-refractivity contribution in [3.8, 4) is 11.5 Å². The molecule has 0 saturated heterocycles. The number of hydrogen-bond acceptors (Lipinski definition) is 4. The summed E-state index contributed by atoms with van der Waals surface area (Å²) >= 11 is 0. The van der Waals surface area contributed by atoms with Crippen LogP contribution in [-0.4, -0.2) is 31.2 Å². The van der Waals surface area contributed by atoms with Gasteiger partial charge in [0, 0.05) is 6.54 Å². The Morgan fingerprint density at radius 2 is 1.89 bits per heavy atom. The van der Waals surface area contributed by atoms with Crippen molar-refractivity contribution in [3.63, 3.8) is 0 Å². The van der Waals surface area contributed by atoms with Gasteiger partial charge in [-0.15, -0.1) is 0 Å². The highest BCUT2D eigenvalue weighted by molar-refractivity contribution is 5.95. The molecule has 0 bridgehead atoms. The Kier molecular flexibility index (Phi) is 6.76. The van der Waals surface area contributed by atoms with Crippen molar-refractivity contribution in [2.45, 2.75) is 26.1 Å². The van der Waals surface area contributed by atoms with Gasteiger partial charge in [0.15, 0.2) is 11.5 Å². The lowest BCUT2D eigenvalue weighted by molar-refractivity contribution is -0.141. The molecule has 0 radical (unpaired) electrons. The topological polar surface area (TPSA) is 60.5 Å². The summed E-state index contributed by atoms with van der Waals surface area (Å²) in [6, 6.07) is 6.23. The highest BCUT2D eigenvalue weighted by Crippen LogP contribution is 2.30. The number of benzene rings is 1. The van der Waals surface area contributed by atoms with Crippen LogP contribution in [0.15, 0.2) is 30.3 Å². The first-order valence-electron chi connectivity index (χ1n) is 8.06. The van der Waals surface area contributed by atoms with Crippen molar-refractivity contribution >= 4 is 5.91 Å². The van der Waals surface area contributed by atoms with E-state index in [4.69, 9.17) is 4.74 Å². The molecule has 0 unspecified atom stereocenters. The molecule has 1 amide bonds. The lowest BCUT2D eigenvalue weighted by Crippen LogP contribution is -2.27. The predicted octanol–water partition coefficient (Wildman–Crippen LogP) is 3.99. The standard InChI is InChI=1S/C18H17F5N2O3/c1-10-12(4-6-15(25-10)18(21,22)23)16(26)24-8-7-11-3-5-13(27-2)14(9-11)28-17(19)20/h3-6,9,17H,7-8H2,1-2H3,(H,24,26). The van der Waals surface area contributed by atoms with E-state index in [-0.39, 0.29) is 35.7 Å². The van der Waals surface area contributed by atoms with Gasteiger partial charge in [-0.3, -0.25) is 4.79 Å². The normalized spacial score (nSPS) is 11.4. The minimum Gasteiger partial charge on any atom is -0.493 e. The van der Waals surface area contributed by atoms with E-state index in [1.54, 1.807) is 6.07 Å². The summed E-state index contributed by atoms with van der Waals surface area (Å²) in [4.78, 5) is 15.6. The lowest BCUT2D eigenvalue weighted by Gasteiger charge is -2.12. The number of carbonyl (C=O) groups excluding carboxylic acids is 1. The first-order valence-corrected chi connectivity index (χ1v) is 8.06. The molecule has 1 N–H and O–H groups in total. The first-order chi connectivity index (χ1) is 13.1. The average molecular weight is 404 g/mol. The summed E-state index contributed by atoms with van der Waals surface area (Å²) < 4.78 is 72.1. The Hall–Kier alpha value is -2.91. The molecule has 1 aromatic carbocycles. The summed E-state index contributed by atoms with van der Waals surface area (Å²) in [6.45, 7) is -1.58. The van der Waals surface area contributed by atoms with Crippen LogP contribution in [-0.2, 0) is 12.6 Å². The summed E-state index contributed by atoms with van der Waals surface area (Å²) in [7, 11) is 1.31. The Bertz CT molecular complexity index is 840. The predicted molar refractivity (Wildman–Crippen MR) is 89.6 cm³/mol. The second-order valence-corrected chi connectivity index (χ2v) is 5.70. The molecule has 10 heteroatoms. The maximum Gasteiger partial charge on any atom is 0.433 e. The van der Waals surface area contributed by atoms with Crippen molar-refractivity contribution in [2.24, 2.45) is 0 Å². The third-order valence-electron chi connectivity index (χ3n) is 3.76. The highest BCUT2D eigenvalue weighted by Gasteiger charge is 2.33. The minimum atomic E-state index is -4.59. The molecule has 28 heavy (non-hydrogen) atoms. The highest BCUT2D eigenvalue weighted by atomic mass is 19.4. The Morgan fingerprint density at radius 3 is 2.46 bits per heavy atom. The van der Waals surface area contributed by atoms with Crippen LogP contribution in [0.2, 0.25) is 0 Å². The van der Waals surface area contributed by atoms with Gasteiger partial charge in [-0.25, -0.2) is 4.98 Å². The van der Waals surface area contributed by atoms with Gasteiger partial charge in [0.2, 0.25) is 0 Å². The van der Waals surface area contributed by atoms with Crippen LogP contribution in [0.3, 0.4) is 0 Å². The third-order valence-corrected chi connectivity index (χ3v) is 3.76. The van der Waals surface area contributed by atoms with Gasteiger partial charge in [-0.2, -0.15) is 22.0 Å². The van der Waals surface area contributed by atoms with Crippen molar-refractivity contribution in [1.29, 1.82) is 0 Å². The molecule has 0 fully saturated rings. The molecule has 0 aliphatic carbocycles. The second kappa shape index (κ2) is 8.85. The fourth-order valence-electron chi connectivity index (χ4n) is 2.44. The number of ether oxygens (including phenoxy) is 2. The quantitative estimate of drug-likeness (QED) is 0.709. The van der Waals surface area contributed by atoms with E-state index < -0.39 is 24.4 Å². The second-order valence-electron chi connectivity index (χ2n) is 5.70. The molecule has 2 aromatic rings. The SMILES string of the molecule is COc1ccc(CCNC(=O)c2ccc(C(F)(F)F)nc2C)cc1OC(F)F. The molecule has 2 rings (SSSR count). The van der Waals surface area contributed by atoms with Gasteiger partial charge < -0.3 is 14.8 Å². The molecular formula is C18H17F5N2O3. The summed E-state index contributed by atoms with van der Waals surface area (Å²) in [6.07, 6.45) is -4.31. The lowest BCUT2D eigenvalue weighted by atomic mass is 10.1. The van der Waals surface area contributed by atoms with Crippen LogP contribution in [0, 0.1) is 6.92 Å². The van der Waals surface area contributed by atoms with Gasteiger partial charge >= 0.3 is 12.8 Å². The van der Waals surface area contributed by atoms with Gasteiger partial charge in [-0.05, 0) is 43.2 Å². The van der Waals surface area contributed by atoms with Gasteiger partial charge in [0.1, 0.15) is 5.69 Å². The van der Waals surface area contributed by atoms with Crippen LogP contribution in [0.1, 0.15) is 27.3 Å². The number of halogens is 5. The Labute approximate surface area is 157 Å². The van der Waals surface area contributed by atoms with E-state index in [9.17, 15) is 26.7 Å². The molecule has 0 saturated carbocycles. The van der Waals surface area contributed by atoms with Crippen molar-refractivity contribution in [1.82, 2.24) is 10.3 Å². The van der Waals surface area contributed by atoms with Crippen LogP contribution in [0.4, 0.5) is 22.0 Å². The summed E-state index contributed by atoms with van der Waals surface area (Å²) in [5.74, 6) is -0.583. The van der Waals surface area contributed by atoms with Gasteiger partial charge in [0.05, 0.1) is 18.4 Å². The van der Waals surface area contributed by atoms with Crippen LogP contribution >= 0.6 is 0 Å². The van der Waals surface area contributed by atoms with E-state index in [0.29, 0.717) is 5.56 Å². The number of pyridine rings is 1. The smallest absolute Gasteiger partial charge is 0.433 e. The zero-order valence-electron chi connectivity index (χ0n) is 14.9. The molecule has 0 aliphatic rings. The number of nitrogens with one attached hydrogen (secondary N) is 1. The van der Waals surface area contributed by atoms with E-state index in [1.807, 2.05) is 0 Å². The third kappa shape index (κ3) is 5.54. The molecule has 5 nitrogen and oxygen atoms in total. The van der Waals surface area contributed by atoms with E-state index in [1.165, 1.54) is 26.2 Å². The molecule has 1 aromatic heterocycles. The maximum absolute atomic E-state index is 12.6. The van der Waals surface area contributed by atoms with Crippen molar-refractivity contribution < 1.29 is 36.2 Å². The number of amides is 1. The minimum absolute atomic E-state index is 0.0180. The Balaban J connectivity index is 2.00. The Morgan fingerprint density at radius 1 is 1.18 bits per heavy atom. The molecule has 0 aliphatic heterocycles. The van der Waals surface area contributed by atoms with E-state index in [2.05, 4.69) is 15.0 Å². The van der Waals surface area contributed by atoms with Crippen LogP contribution < -0.4 is 14.8 Å². The van der Waals surface area contributed by atoms with Gasteiger partial charge in [-0.1, -0.05) is 6.07 Å². The van der Waals surface area contributed by atoms with Crippen molar-refractivity contribution in [3.05, 3.63) is 52.8 Å². The van der Waals surface area contributed by atoms with Crippen LogP contribution in [0.5, 0.6) is 11.5 Å². The number of nitrogens with zero attached hydrogens (tertiary/aromatic N) is 1. The molecule has 0 spiro atoms. The molecule has 152 valence electrons.